The Hall–Kier alpha value is -2.08. The predicted molar refractivity (Wildman–Crippen MR) is 108 cm³/mol. The topological polar surface area (TPSA) is 60.9 Å². The summed E-state index contributed by atoms with van der Waals surface area (Å²) in [6, 6.07) is 7.25. The second kappa shape index (κ2) is 8.11. The molecule has 0 radical (unpaired) electrons. The highest BCUT2D eigenvalue weighted by Gasteiger charge is 2.56. The molecule has 2 saturated heterocycles. The highest BCUT2D eigenvalue weighted by molar-refractivity contribution is 6.30. The molecule has 152 valence electrons. The van der Waals surface area contributed by atoms with Crippen molar-refractivity contribution in [3.05, 3.63) is 34.9 Å². The second-order valence-corrected chi connectivity index (χ2v) is 8.42. The molecule has 1 atom stereocenters. The van der Waals surface area contributed by atoms with Crippen LogP contribution in [0.5, 0.6) is 0 Å². The summed E-state index contributed by atoms with van der Waals surface area (Å²) in [5.74, 6) is -0.0800. The molecule has 3 amide bonds. The largest absolute Gasteiger partial charge is 0.340 e. The first-order valence-electron chi connectivity index (χ1n) is 9.92. The number of halogens is 1. The molecular formula is C21H28ClN3O3. The van der Waals surface area contributed by atoms with Gasteiger partial charge >= 0.3 is 0 Å². The minimum atomic E-state index is -0.983. The van der Waals surface area contributed by atoms with E-state index in [1.807, 2.05) is 32.9 Å². The molecule has 0 aromatic heterocycles. The predicted octanol–water partition coefficient (Wildman–Crippen LogP) is 2.69. The summed E-state index contributed by atoms with van der Waals surface area (Å²) < 4.78 is 0. The van der Waals surface area contributed by atoms with Crippen LogP contribution >= 0.6 is 11.6 Å². The number of piperazine rings is 1. The summed E-state index contributed by atoms with van der Waals surface area (Å²) in [6.07, 6.45) is 1.70. The zero-order valence-corrected chi connectivity index (χ0v) is 17.5. The molecule has 1 spiro atoms. The van der Waals surface area contributed by atoms with E-state index in [4.69, 9.17) is 11.6 Å². The Labute approximate surface area is 171 Å². The highest BCUT2D eigenvalue weighted by Crippen LogP contribution is 2.36. The lowest BCUT2D eigenvalue weighted by Crippen LogP contribution is -2.69. The fraction of sp³-hybridized carbons (Fsp3) is 0.571. The number of benzene rings is 1. The van der Waals surface area contributed by atoms with E-state index in [9.17, 15) is 14.4 Å². The van der Waals surface area contributed by atoms with Crippen LogP contribution in [-0.2, 0) is 20.9 Å². The first kappa shape index (κ1) is 20.6. The van der Waals surface area contributed by atoms with Crippen LogP contribution in [0.3, 0.4) is 0 Å². The lowest BCUT2D eigenvalue weighted by molar-refractivity contribution is -0.167. The van der Waals surface area contributed by atoms with Gasteiger partial charge in [-0.15, -0.1) is 0 Å². The number of likely N-dealkylation sites (tertiary alicyclic amines) is 1. The number of carbonyl (C=O) groups is 3. The van der Waals surface area contributed by atoms with Gasteiger partial charge in [0.2, 0.25) is 11.8 Å². The molecule has 0 saturated carbocycles. The van der Waals surface area contributed by atoms with Crippen LogP contribution < -0.4 is 0 Å². The van der Waals surface area contributed by atoms with Crippen molar-refractivity contribution < 1.29 is 14.4 Å². The quantitative estimate of drug-likeness (QED) is 0.756. The first-order chi connectivity index (χ1) is 13.3. The van der Waals surface area contributed by atoms with Gasteiger partial charge in [0.05, 0.1) is 6.54 Å². The molecule has 3 rings (SSSR count). The zero-order chi connectivity index (χ0) is 20.5. The summed E-state index contributed by atoms with van der Waals surface area (Å²) >= 11 is 5.98. The molecule has 2 fully saturated rings. The van der Waals surface area contributed by atoms with E-state index < -0.39 is 5.54 Å². The Balaban J connectivity index is 1.93. The standard InChI is InChI=1S/C21H28ClN3O3/c1-4-5-18(26)23-11-10-21(14-23)20(28)24(15(2)3)13-19(27)25(21)12-16-6-8-17(22)9-7-16/h6-9,15H,4-5,10-14H2,1-3H3. The highest BCUT2D eigenvalue weighted by atomic mass is 35.5. The minimum absolute atomic E-state index is 0.0488. The van der Waals surface area contributed by atoms with Gasteiger partial charge in [0.25, 0.3) is 5.91 Å². The number of rotatable bonds is 5. The molecule has 28 heavy (non-hydrogen) atoms. The second-order valence-electron chi connectivity index (χ2n) is 7.98. The van der Waals surface area contributed by atoms with Crippen molar-refractivity contribution in [3.8, 4) is 0 Å². The molecule has 1 unspecified atom stereocenters. The fourth-order valence-electron chi connectivity index (χ4n) is 4.13. The van der Waals surface area contributed by atoms with E-state index in [0.29, 0.717) is 31.0 Å². The van der Waals surface area contributed by atoms with Crippen LogP contribution in [0.15, 0.2) is 24.3 Å². The van der Waals surface area contributed by atoms with Crippen molar-refractivity contribution in [3.63, 3.8) is 0 Å². The van der Waals surface area contributed by atoms with Crippen LogP contribution in [0.25, 0.3) is 0 Å². The number of hydrogen-bond acceptors (Lipinski definition) is 3. The molecule has 0 bridgehead atoms. The van der Waals surface area contributed by atoms with Crippen molar-refractivity contribution in [2.45, 2.75) is 58.2 Å². The summed E-state index contributed by atoms with van der Waals surface area (Å²) in [4.78, 5) is 44.1. The molecule has 7 heteroatoms. The Morgan fingerprint density at radius 2 is 1.89 bits per heavy atom. The Kier molecular flexibility index (Phi) is 5.98. The maximum Gasteiger partial charge on any atom is 0.251 e. The van der Waals surface area contributed by atoms with E-state index in [0.717, 1.165) is 12.0 Å². The summed E-state index contributed by atoms with van der Waals surface area (Å²) in [5.41, 5.74) is -0.0657. The third kappa shape index (κ3) is 3.75. The van der Waals surface area contributed by atoms with Crippen molar-refractivity contribution in [2.24, 2.45) is 0 Å². The third-order valence-electron chi connectivity index (χ3n) is 5.72. The molecule has 0 N–H and O–H groups in total. The van der Waals surface area contributed by atoms with Gasteiger partial charge in [0.15, 0.2) is 0 Å². The molecular weight excluding hydrogens is 378 g/mol. The Morgan fingerprint density at radius 3 is 2.50 bits per heavy atom. The van der Waals surface area contributed by atoms with E-state index in [2.05, 4.69) is 0 Å². The molecule has 1 aromatic carbocycles. The maximum atomic E-state index is 13.5. The molecule has 6 nitrogen and oxygen atoms in total. The monoisotopic (exact) mass is 405 g/mol. The lowest BCUT2D eigenvalue weighted by atomic mass is 9.89. The number of amides is 3. The van der Waals surface area contributed by atoms with Gasteiger partial charge in [-0.1, -0.05) is 30.7 Å². The van der Waals surface area contributed by atoms with Crippen molar-refractivity contribution >= 4 is 29.3 Å². The van der Waals surface area contributed by atoms with E-state index >= 15 is 0 Å². The minimum Gasteiger partial charge on any atom is -0.340 e. The number of hydrogen-bond donors (Lipinski definition) is 0. The normalized spacial score (nSPS) is 22.7. The first-order valence-corrected chi connectivity index (χ1v) is 10.3. The van der Waals surface area contributed by atoms with Crippen LogP contribution in [0, 0.1) is 0 Å². The number of nitrogens with zero attached hydrogens (tertiary/aromatic N) is 3. The van der Waals surface area contributed by atoms with Gasteiger partial charge in [0, 0.05) is 30.6 Å². The van der Waals surface area contributed by atoms with Crippen molar-refractivity contribution in [1.82, 2.24) is 14.7 Å². The maximum absolute atomic E-state index is 13.5. The molecule has 0 aliphatic carbocycles. The van der Waals surface area contributed by atoms with Crippen LogP contribution in [0.4, 0.5) is 0 Å². The van der Waals surface area contributed by atoms with E-state index in [1.165, 1.54) is 0 Å². The fourth-order valence-corrected chi connectivity index (χ4v) is 4.25. The number of carbonyl (C=O) groups excluding carboxylic acids is 3. The van der Waals surface area contributed by atoms with Gasteiger partial charge in [-0.25, -0.2) is 0 Å². The van der Waals surface area contributed by atoms with Gasteiger partial charge in [-0.2, -0.15) is 0 Å². The van der Waals surface area contributed by atoms with Crippen molar-refractivity contribution in [2.75, 3.05) is 19.6 Å². The van der Waals surface area contributed by atoms with Crippen LogP contribution in [-0.4, -0.2) is 63.6 Å². The van der Waals surface area contributed by atoms with Gasteiger partial charge in [0.1, 0.15) is 12.1 Å². The molecule has 2 aliphatic heterocycles. The summed E-state index contributed by atoms with van der Waals surface area (Å²) in [6.45, 7) is 6.99. The SMILES string of the molecule is CCCC(=O)N1CCC2(C1)C(=O)N(C(C)C)CC(=O)N2Cc1ccc(Cl)cc1. The van der Waals surface area contributed by atoms with Gasteiger partial charge in [-0.3, -0.25) is 14.4 Å². The zero-order valence-electron chi connectivity index (χ0n) is 16.8. The molecule has 2 heterocycles. The smallest absolute Gasteiger partial charge is 0.251 e. The average Bonchev–Trinajstić information content (AvgIpc) is 3.10. The van der Waals surface area contributed by atoms with Crippen LogP contribution in [0.2, 0.25) is 5.02 Å². The Morgan fingerprint density at radius 1 is 1.21 bits per heavy atom. The molecule has 2 aliphatic rings. The summed E-state index contributed by atoms with van der Waals surface area (Å²) in [5, 5.41) is 0.627. The molecule has 1 aromatic rings. The van der Waals surface area contributed by atoms with Crippen LogP contribution in [0.1, 0.15) is 45.6 Å². The van der Waals surface area contributed by atoms with Crippen molar-refractivity contribution in [1.29, 1.82) is 0 Å². The van der Waals surface area contributed by atoms with Gasteiger partial charge < -0.3 is 14.7 Å². The lowest BCUT2D eigenvalue weighted by Gasteiger charge is -2.48. The van der Waals surface area contributed by atoms with E-state index in [1.54, 1.807) is 26.8 Å². The van der Waals surface area contributed by atoms with Gasteiger partial charge in [-0.05, 0) is 44.4 Å². The Bertz CT molecular complexity index is 765. The average molecular weight is 406 g/mol. The third-order valence-corrected chi connectivity index (χ3v) is 5.98. The summed E-state index contributed by atoms with van der Waals surface area (Å²) in [7, 11) is 0. The van der Waals surface area contributed by atoms with E-state index in [-0.39, 0.29) is 36.9 Å².